The molecule has 3 amide bonds. The number of para-hydroxylation sites is 1. The molecule has 2 aromatic rings. The van der Waals surface area contributed by atoms with Gasteiger partial charge in [0.15, 0.2) is 11.9 Å². The number of ether oxygens (including phenoxy) is 1. The summed E-state index contributed by atoms with van der Waals surface area (Å²) in [5.41, 5.74) is 1.05. The lowest BCUT2D eigenvalue weighted by atomic mass is 10.1. The van der Waals surface area contributed by atoms with Crippen LogP contribution in [0.15, 0.2) is 48.5 Å². The molecule has 1 fully saturated rings. The maximum absolute atomic E-state index is 12.5. The summed E-state index contributed by atoms with van der Waals surface area (Å²) in [6, 6.07) is 12.4. The van der Waals surface area contributed by atoms with E-state index in [4.69, 9.17) is 4.74 Å². The highest BCUT2D eigenvalue weighted by atomic mass is 16.5. The Morgan fingerprint density at radius 1 is 1.00 bits per heavy atom. The molecule has 0 spiro atoms. The minimum absolute atomic E-state index is 0.101. The summed E-state index contributed by atoms with van der Waals surface area (Å²) in [7, 11) is 0. The first-order chi connectivity index (χ1) is 14.3. The van der Waals surface area contributed by atoms with Gasteiger partial charge in [0.2, 0.25) is 11.8 Å². The van der Waals surface area contributed by atoms with Gasteiger partial charge in [0.1, 0.15) is 0 Å². The Morgan fingerprint density at radius 2 is 1.67 bits per heavy atom. The number of ketones is 1. The number of Topliss-reactive ketones (excluding diaryl/α,β-unsaturated/α-hetero) is 1. The van der Waals surface area contributed by atoms with E-state index in [9.17, 15) is 24.0 Å². The molecule has 1 N–H and O–H groups in total. The summed E-state index contributed by atoms with van der Waals surface area (Å²) in [4.78, 5) is 61.4. The summed E-state index contributed by atoms with van der Waals surface area (Å²) in [6.07, 6.45) is -0.880. The van der Waals surface area contributed by atoms with E-state index < -0.39 is 18.0 Å². The molecule has 154 valence electrons. The zero-order valence-electron chi connectivity index (χ0n) is 16.5. The predicted octanol–water partition coefficient (Wildman–Crippen LogP) is 2.73. The van der Waals surface area contributed by atoms with Crippen LogP contribution in [0.5, 0.6) is 0 Å². The van der Waals surface area contributed by atoms with Crippen molar-refractivity contribution in [2.45, 2.75) is 32.8 Å². The molecule has 2 aromatic carbocycles. The Morgan fingerprint density at radius 3 is 2.33 bits per heavy atom. The van der Waals surface area contributed by atoms with E-state index in [0.717, 1.165) is 4.90 Å². The smallest absolute Gasteiger partial charge is 0.338 e. The van der Waals surface area contributed by atoms with Crippen LogP contribution in [0.25, 0.3) is 0 Å². The van der Waals surface area contributed by atoms with Gasteiger partial charge in [0.05, 0.1) is 16.9 Å². The van der Waals surface area contributed by atoms with Crippen molar-refractivity contribution < 1.29 is 28.7 Å². The van der Waals surface area contributed by atoms with Crippen molar-refractivity contribution in [2.24, 2.45) is 0 Å². The Balaban J connectivity index is 1.69. The first-order valence-corrected chi connectivity index (χ1v) is 9.35. The number of carbonyl (C=O) groups excluding carboxylic acids is 5. The molecule has 0 unspecified atom stereocenters. The first-order valence-electron chi connectivity index (χ1n) is 9.35. The van der Waals surface area contributed by atoms with Gasteiger partial charge in [-0.3, -0.25) is 24.1 Å². The standard InChI is InChI=1S/C22H20N2O6/c1-13(25)17-8-3-4-9-18(17)23-21(28)14(2)30-22(29)15-6-5-7-16(12-15)24-19(26)10-11-20(24)27/h3-9,12,14H,10-11H2,1-2H3,(H,23,28)/t14-/m0/s1. The normalized spacial score (nSPS) is 14.4. The fourth-order valence-corrected chi connectivity index (χ4v) is 3.05. The van der Waals surface area contributed by atoms with E-state index in [-0.39, 0.29) is 41.7 Å². The molecular weight excluding hydrogens is 388 g/mol. The van der Waals surface area contributed by atoms with Crippen LogP contribution in [0.3, 0.4) is 0 Å². The van der Waals surface area contributed by atoms with Gasteiger partial charge in [-0.05, 0) is 44.2 Å². The molecule has 0 saturated carbocycles. The third kappa shape index (κ3) is 4.43. The SMILES string of the molecule is CC(=O)c1ccccc1NC(=O)[C@H](C)OC(=O)c1cccc(N2C(=O)CCC2=O)c1. The Bertz CT molecular complexity index is 1030. The van der Waals surface area contributed by atoms with Crippen molar-refractivity contribution in [1.82, 2.24) is 0 Å². The first kappa shape index (κ1) is 20.9. The number of hydrogen-bond acceptors (Lipinski definition) is 6. The highest BCUT2D eigenvalue weighted by Gasteiger charge is 2.31. The van der Waals surface area contributed by atoms with Gasteiger partial charge in [-0.15, -0.1) is 0 Å². The number of rotatable bonds is 6. The van der Waals surface area contributed by atoms with E-state index in [1.54, 1.807) is 30.3 Å². The highest BCUT2D eigenvalue weighted by Crippen LogP contribution is 2.24. The van der Waals surface area contributed by atoms with Crippen LogP contribution >= 0.6 is 0 Å². The van der Waals surface area contributed by atoms with Crippen LogP contribution in [0.4, 0.5) is 11.4 Å². The minimum Gasteiger partial charge on any atom is -0.449 e. The summed E-state index contributed by atoms with van der Waals surface area (Å²) in [5, 5.41) is 2.58. The van der Waals surface area contributed by atoms with Crippen LogP contribution in [-0.4, -0.2) is 35.6 Å². The zero-order valence-corrected chi connectivity index (χ0v) is 16.5. The van der Waals surface area contributed by atoms with Gasteiger partial charge >= 0.3 is 5.97 Å². The molecule has 1 atom stereocenters. The number of nitrogens with one attached hydrogen (secondary N) is 1. The zero-order chi connectivity index (χ0) is 21.8. The number of benzene rings is 2. The van der Waals surface area contributed by atoms with Crippen LogP contribution in [-0.2, 0) is 19.1 Å². The number of anilines is 2. The summed E-state index contributed by atoms with van der Waals surface area (Å²) < 4.78 is 5.22. The maximum Gasteiger partial charge on any atom is 0.338 e. The van der Waals surface area contributed by atoms with Gasteiger partial charge in [-0.25, -0.2) is 4.79 Å². The van der Waals surface area contributed by atoms with E-state index >= 15 is 0 Å². The lowest BCUT2D eigenvalue weighted by Crippen LogP contribution is -2.31. The second kappa shape index (κ2) is 8.69. The Kier molecular flexibility index (Phi) is 6.06. The molecule has 1 aliphatic rings. The number of esters is 1. The molecule has 30 heavy (non-hydrogen) atoms. The van der Waals surface area contributed by atoms with E-state index in [0.29, 0.717) is 11.3 Å². The van der Waals surface area contributed by atoms with Crippen LogP contribution in [0.2, 0.25) is 0 Å². The molecule has 0 aliphatic carbocycles. The van der Waals surface area contributed by atoms with Crippen molar-refractivity contribution in [3.05, 3.63) is 59.7 Å². The minimum atomic E-state index is -1.14. The molecule has 0 radical (unpaired) electrons. The maximum atomic E-state index is 12.5. The second-order valence-corrected chi connectivity index (χ2v) is 6.81. The molecule has 0 aromatic heterocycles. The highest BCUT2D eigenvalue weighted by molar-refractivity contribution is 6.20. The number of nitrogens with zero attached hydrogens (tertiary/aromatic N) is 1. The van der Waals surface area contributed by atoms with Gasteiger partial charge in [0.25, 0.3) is 5.91 Å². The van der Waals surface area contributed by atoms with Gasteiger partial charge in [-0.2, -0.15) is 0 Å². The molecule has 1 aliphatic heterocycles. The summed E-state index contributed by atoms with van der Waals surface area (Å²) >= 11 is 0. The number of hydrogen-bond donors (Lipinski definition) is 1. The van der Waals surface area contributed by atoms with E-state index in [1.807, 2.05) is 0 Å². The van der Waals surface area contributed by atoms with Crippen molar-refractivity contribution in [1.29, 1.82) is 0 Å². The van der Waals surface area contributed by atoms with Crippen molar-refractivity contribution in [3.63, 3.8) is 0 Å². The topological polar surface area (TPSA) is 110 Å². The van der Waals surface area contributed by atoms with E-state index in [2.05, 4.69) is 5.32 Å². The Hall–Kier alpha value is -3.81. The number of imide groups is 1. The lowest BCUT2D eigenvalue weighted by Gasteiger charge is -2.17. The average Bonchev–Trinajstić information content (AvgIpc) is 3.06. The number of amides is 3. The monoisotopic (exact) mass is 408 g/mol. The van der Waals surface area contributed by atoms with E-state index in [1.165, 1.54) is 32.0 Å². The predicted molar refractivity (Wildman–Crippen MR) is 108 cm³/mol. The van der Waals surface area contributed by atoms with Gasteiger partial charge in [0, 0.05) is 18.4 Å². The molecular formula is C22H20N2O6. The van der Waals surface area contributed by atoms with Crippen molar-refractivity contribution >= 4 is 40.8 Å². The largest absolute Gasteiger partial charge is 0.449 e. The molecule has 0 bridgehead atoms. The van der Waals surface area contributed by atoms with Gasteiger partial charge in [-0.1, -0.05) is 18.2 Å². The lowest BCUT2D eigenvalue weighted by molar-refractivity contribution is -0.124. The molecule has 8 nitrogen and oxygen atoms in total. The quantitative estimate of drug-likeness (QED) is 0.447. The van der Waals surface area contributed by atoms with Crippen LogP contribution < -0.4 is 10.2 Å². The summed E-state index contributed by atoms with van der Waals surface area (Å²) in [6.45, 7) is 2.79. The average molecular weight is 408 g/mol. The third-order valence-electron chi connectivity index (χ3n) is 4.61. The van der Waals surface area contributed by atoms with Crippen molar-refractivity contribution in [3.8, 4) is 0 Å². The Labute approximate surface area is 172 Å². The molecule has 8 heteroatoms. The van der Waals surface area contributed by atoms with Gasteiger partial charge < -0.3 is 10.1 Å². The molecule has 3 rings (SSSR count). The third-order valence-corrected chi connectivity index (χ3v) is 4.61. The number of carbonyl (C=O) groups is 5. The van der Waals surface area contributed by atoms with Crippen LogP contribution in [0, 0.1) is 0 Å². The summed E-state index contributed by atoms with van der Waals surface area (Å²) in [5.74, 6) is -2.25. The second-order valence-electron chi connectivity index (χ2n) is 6.81. The molecule has 1 saturated heterocycles. The fourth-order valence-electron chi connectivity index (χ4n) is 3.05. The fraction of sp³-hybridized carbons (Fsp3) is 0.227. The molecule has 1 heterocycles. The van der Waals surface area contributed by atoms with Crippen molar-refractivity contribution in [2.75, 3.05) is 10.2 Å². The van der Waals surface area contributed by atoms with Crippen LogP contribution in [0.1, 0.15) is 47.4 Å².